The van der Waals surface area contributed by atoms with Gasteiger partial charge in [0.05, 0.1) is 18.2 Å². The third-order valence-corrected chi connectivity index (χ3v) is 3.83. The Hall–Kier alpha value is -1.57. The Morgan fingerprint density at radius 3 is 2.79 bits per heavy atom. The molecule has 1 aliphatic heterocycles. The normalized spacial score (nSPS) is 19.5. The number of hydrogen-bond donors (Lipinski definition) is 1. The smallest absolute Gasteiger partial charge is 0.0991 e. The molecule has 1 N–H and O–H groups in total. The number of likely N-dealkylation sites (N-methyl/N-ethyl adjacent to an activating group) is 1. The summed E-state index contributed by atoms with van der Waals surface area (Å²) in [5.74, 6) is 0. The summed E-state index contributed by atoms with van der Waals surface area (Å²) in [6, 6.07) is 10.4. The van der Waals surface area contributed by atoms with E-state index in [9.17, 15) is 0 Å². The first-order chi connectivity index (χ1) is 9.24. The highest BCUT2D eigenvalue weighted by atomic mass is 16.3. The van der Waals surface area contributed by atoms with Gasteiger partial charge in [-0.05, 0) is 44.2 Å². The quantitative estimate of drug-likeness (QED) is 0.889. The summed E-state index contributed by atoms with van der Waals surface area (Å²) < 4.78 is 0. The first-order valence-corrected chi connectivity index (χ1v) is 6.81. The van der Waals surface area contributed by atoms with Crippen LogP contribution in [-0.2, 0) is 0 Å². The van der Waals surface area contributed by atoms with Gasteiger partial charge < -0.3 is 10.0 Å². The number of rotatable bonds is 4. The Labute approximate surface area is 114 Å². The average Bonchev–Trinajstić information content (AvgIpc) is 2.48. The number of nitriles is 1. The van der Waals surface area contributed by atoms with E-state index < -0.39 is 0 Å². The zero-order chi connectivity index (χ0) is 13.7. The predicted molar refractivity (Wildman–Crippen MR) is 76.1 cm³/mol. The standard InChI is InChI=1S/C15H21N3O/c1-17(9-10-19)15-3-2-8-18(12-15)14-6-4-13(11-16)5-7-14/h4-7,15,19H,2-3,8-10,12H2,1H3. The van der Waals surface area contributed by atoms with E-state index in [1.807, 2.05) is 24.3 Å². The van der Waals surface area contributed by atoms with E-state index in [2.05, 4.69) is 22.9 Å². The lowest BCUT2D eigenvalue weighted by Gasteiger charge is -2.38. The van der Waals surface area contributed by atoms with Crippen molar-refractivity contribution in [3.63, 3.8) is 0 Å². The maximum atomic E-state index is 9.02. The molecular formula is C15H21N3O. The van der Waals surface area contributed by atoms with Crippen molar-refractivity contribution in [1.29, 1.82) is 5.26 Å². The molecule has 1 aromatic carbocycles. The van der Waals surface area contributed by atoms with Gasteiger partial charge in [0.1, 0.15) is 0 Å². The van der Waals surface area contributed by atoms with Gasteiger partial charge >= 0.3 is 0 Å². The minimum atomic E-state index is 0.212. The molecule has 2 rings (SSSR count). The van der Waals surface area contributed by atoms with Gasteiger partial charge in [-0.1, -0.05) is 0 Å². The van der Waals surface area contributed by atoms with Crippen LogP contribution in [0.1, 0.15) is 18.4 Å². The molecule has 1 heterocycles. The average molecular weight is 259 g/mol. The maximum Gasteiger partial charge on any atom is 0.0991 e. The van der Waals surface area contributed by atoms with E-state index in [1.54, 1.807) is 0 Å². The highest BCUT2D eigenvalue weighted by Gasteiger charge is 2.22. The number of piperidine rings is 1. The molecule has 0 amide bonds. The largest absolute Gasteiger partial charge is 0.395 e. The molecule has 0 radical (unpaired) electrons. The van der Waals surface area contributed by atoms with Gasteiger partial charge in [0.2, 0.25) is 0 Å². The van der Waals surface area contributed by atoms with Crippen molar-refractivity contribution in [2.45, 2.75) is 18.9 Å². The molecule has 0 aromatic heterocycles. The van der Waals surface area contributed by atoms with Crippen molar-refractivity contribution in [2.24, 2.45) is 0 Å². The molecule has 0 aliphatic carbocycles. The number of anilines is 1. The van der Waals surface area contributed by atoms with Gasteiger partial charge in [0, 0.05) is 31.4 Å². The van der Waals surface area contributed by atoms with Crippen LogP contribution in [0, 0.1) is 11.3 Å². The van der Waals surface area contributed by atoms with Crippen molar-refractivity contribution in [3.8, 4) is 6.07 Å². The van der Waals surface area contributed by atoms with E-state index >= 15 is 0 Å². The van der Waals surface area contributed by atoms with Crippen LogP contribution >= 0.6 is 0 Å². The van der Waals surface area contributed by atoms with Crippen LogP contribution in [-0.4, -0.2) is 49.3 Å². The second kappa shape index (κ2) is 6.55. The molecule has 1 atom stereocenters. The fourth-order valence-electron chi connectivity index (χ4n) is 2.64. The Bertz CT molecular complexity index is 438. The minimum Gasteiger partial charge on any atom is -0.395 e. The van der Waals surface area contributed by atoms with Crippen LogP contribution in [0.15, 0.2) is 24.3 Å². The number of benzene rings is 1. The SMILES string of the molecule is CN(CCO)C1CCCN(c2ccc(C#N)cc2)C1. The lowest BCUT2D eigenvalue weighted by atomic mass is 10.0. The summed E-state index contributed by atoms with van der Waals surface area (Å²) in [7, 11) is 2.07. The molecule has 4 heteroatoms. The van der Waals surface area contributed by atoms with Gasteiger partial charge in [0.15, 0.2) is 0 Å². The van der Waals surface area contributed by atoms with E-state index in [1.165, 1.54) is 18.5 Å². The lowest BCUT2D eigenvalue weighted by molar-refractivity contribution is 0.166. The zero-order valence-corrected chi connectivity index (χ0v) is 11.4. The summed E-state index contributed by atoms with van der Waals surface area (Å²) in [5.41, 5.74) is 1.89. The molecule has 1 fully saturated rings. The molecule has 0 saturated carbocycles. The summed E-state index contributed by atoms with van der Waals surface area (Å²) in [5, 5.41) is 17.8. The van der Waals surface area contributed by atoms with Crippen molar-refractivity contribution in [3.05, 3.63) is 29.8 Å². The molecule has 1 aliphatic rings. The summed E-state index contributed by atoms with van der Waals surface area (Å²) in [4.78, 5) is 4.60. The van der Waals surface area contributed by atoms with Crippen LogP contribution in [0.25, 0.3) is 0 Å². The molecule has 4 nitrogen and oxygen atoms in total. The first-order valence-electron chi connectivity index (χ1n) is 6.81. The third-order valence-electron chi connectivity index (χ3n) is 3.83. The summed E-state index contributed by atoms with van der Waals surface area (Å²) in [6.07, 6.45) is 2.35. The molecule has 19 heavy (non-hydrogen) atoms. The maximum absolute atomic E-state index is 9.02. The monoisotopic (exact) mass is 259 g/mol. The topological polar surface area (TPSA) is 50.5 Å². The molecule has 0 bridgehead atoms. The van der Waals surface area contributed by atoms with Crippen molar-refractivity contribution >= 4 is 5.69 Å². The molecule has 102 valence electrons. The van der Waals surface area contributed by atoms with E-state index in [4.69, 9.17) is 10.4 Å². The number of hydrogen-bond acceptors (Lipinski definition) is 4. The Morgan fingerprint density at radius 2 is 2.16 bits per heavy atom. The van der Waals surface area contributed by atoms with Crippen LogP contribution < -0.4 is 4.90 Å². The molecule has 0 spiro atoms. The van der Waals surface area contributed by atoms with Crippen LogP contribution in [0.2, 0.25) is 0 Å². The number of aliphatic hydroxyl groups excluding tert-OH is 1. The highest BCUT2D eigenvalue weighted by molar-refractivity contribution is 5.50. The van der Waals surface area contributed by atoms with Crippen molar-refractivity contribution < 1.29 is 5.11 Å². The Balaban J connectivity index is 2.02. The molecule has 1 unspecified atom stereocenters. The fourth-order valence-corrected chi connectivity index (χ4v) is 2.64. The summed E-state index contributed by atoms with van der Waals surface area (Å²) >= 11 is 0. The van der Waals surface area contributed by atoms with Crippen molar-refractivity contribution in [1.82, 2.24) is 4.90 Å². The second-order valence-electron chi connectivity index (χ2n) is 5.10. The van der Waals surface area contributed by atoms with E-state index in [-0.39, 0.29) is 6.61 Å². The predicted octanol–water partition coefficient (Wildman–Crippen LogP) is 1.45. The molecular weight excluding hydrogens is 238 g/mol. The first kappa shape index (κ1) is 13.9. The van der Waals surface area contributed by atoms with Crippen LogP contribution in [0.4, 0.5) is 5.69 Å². The second-order valence-corrected chi connectivity index (χ2v) is 5.10. The van der Waals surface area contributed by atoms with E-state index in [0.29, 0.717) is 11.6 Å². The fraction of sp³-hybridized carbons (Fsp3) is 0.533. The van der Waals surface area contributed by atoms with Gasteiger partial charge in [-0.25, -0.2) is 0 Å². The van der Waals surface area contributed by atoms with Gasteiger partial charge in [-0.15, -0.1) is 0 Å². The molecule has 1 aromatic rings. The van der Waals surface area contributed by atoms with Crippen LogP contribution in [0.5, 0.6) is 0 Å². The Morgan fingerprint density at radius 1 is 1.42 bits per heavy atom. The summed E-state index contributed by atoms with van der Waals surface area (Å²) in [6.45, 7) is 2.99. The van der Waals surface area contributed by atoms with Gasteiger partial charge in [0.25, 0.3) is 0 Å². The van der Waals surface area contributed by atoms with Gasteiger partial charge in [-0.2, -0.15) is 5.26 Å². The highest BCUT2D eigenvalue weighted by Crippen LogP contribution is 2.22. The third kappa shape index (κ3) is 3.46. The zero-order valence-electron chi connectivity index (χ0n) is 11.4. The lowest BCUT2D eigenvalue weighted by Crippen LogP contribution is -2.47. The number of aliphatic hydroxyl groups is 1. The Kier molecular flexibility index (Phi) is 4.78. The number of nitrogens with zero attached hydrogens (tertiary/aromatic N) is 3. The van der Waals surface area contributed by atoms with Crippen LogP contribution in [0.3, 0.4) is 0 Å². The molecule has 1 saturated heterocycles. The van der Waals surface area contributed by atoms with Gasteiger partial charge in [-0.3, -0.25) is 4.90 Å². The minimum absolute atomic E-state index is 0.212. The van der Waals surface area contributed by atoms with Crippen molar-refractivity contribution in [2.75, 3.05) is 38.2 Å². The van der Waals surface area contributed by atoms with E-state index in [0.717, 1.165) is 19.6 Å².